The number of imide groups is 1. The van der Waals surface area contributed by atoms with E-state index in [9.17, 15) is 9.59 Å². The Labute approximate surface area is 172 Å². The number of methoxy groups -OCH3 is 1. The van der Waals surface area contributed by atoms with E-state index in [1.165, 1.54) is 11.1 Å². The van der Waals surface area contributed by atoms with Crippen molar-refractivity contribution in [3.05, 3.63) is 71.4 Å². The van der Waals surface area contributed by atoms with E-state index in [1.54, 1.807) is 31.0 Å². The number of nitrogens with zero attached hydrogens (tertiary/aromatic N) is 4. The lowest BCUT2D eigenvalue weighted by atomic mass is 10.0. The van der Waals surface area contributed by atoms with Crippen LogP contribution in [0.2, 0.25) is 0 Å². The maximum atomic E-state index is 13.4. The van der Waals surface area contributed by atoms with Crippen molar-refractivity contribution in [2.45, 2.75) is 6.92 Å². The van der Waals surface area contributed by atoms with Crippen LogP contribution >= 0.6 is 0 Å². The molecule has 7 heteroatoms. The Morgan fingerprint density at radius 2 is 1.63 bits per heavy atom. The van der Waals surface area contributed by atoms with Gasteiger partial charge in [-0.1, -0.05) is 17.7 Å². The second kappa shape index (κ2) is 6.52. The molecule has 30 heavy (non-hydrogen) atoms. The summed E-state index contributed by atoms with van der Waals surface area (Å²) in [6, 6.07) is 14.7. The molecule has 0 N–H and O–H groups in total. The number of amides is 2. The molecule has 1 aliphatic heterocycles. The van der Waals surface area contributed by atoms with Gasteiger partial charge in [0, 0.05) is 18.8 Å². The molecule has 1 aliphatic rings. The van der Waals surface area contributed by atoms with Crippen LogP contribution in [0.15, 0.2) is 54.7 Å². The van der Waals surface area contributed by atoms with Gasteiger partial charge in [-0.15, -0.1) is 0 Å². The van der Waals surface area contributed by atoms with Crippen LogP contribution in [0.1, 0.15) is 26.3 Å². The molecule has 0 radical (unpaired) electrons. The van der Waals surface area contributed by atoms with Crippen LogP contribution in [-0.2, 0) is 7.05 Å². The molecule has 2 aromatic carbocycles. The van der Waals surface area contributed by atoms with Crippen molar-refractivity contribution in [1.29, 1.82) is 0 Å². The summed E-state index contributed by atoms with van der Waals surface area (Å²) in [6.45, 7) is 1.95. The van der Waals surface area contributed by atoms with E-state index >= 15 is 0 Å². The number of benzene rings is 2. The van der Waals surface area contributed by atoms with Crippen LogP contribution < -0.4 is 9.64 Å². The molecule has 2 amide bonds. The molecule has 0 atom stereocenters. The van der Waals surface area contributed by atoms with Crippen molar-refractivity contribution < 1.29 is 14.3 Å². The van der Waals surface area contributed by atoms with Crippen molar-refractivity contribution in [2.75, 3.05) is 12.0 Å². The Hall–Kier alpha value is -4.00. The smallest absolute Gasteiger partial charge is 0.267 e. The summed E-state index contributed by atoms with van der Waals surface area (Å²) in [7, 11) is 3.37. The standard InChI is InChI=1S/C23H18N4O3/c1-13-4-8-15(9-5-13)27-22(28)17-12-24-21-19(18(17)23(27)29)20(25-26(21)2)14-6-10-16(30-3)11-7-14/h4-12H,1-3H3. The Balaban J connectivity index is 1.72. The lowest BCUT2D eigenvalue weighted by Crippen LogP contribution is -2.29. The number of aryl methyl sites for hydroxylation is 2. The topological polar surface area (TPSA) is 77.3 Å². The molecule has 3 heterocycles. The minimum atomic E-state index is -0.377. The number of carbonyl (C=O) groups excluding carboxylic acids is 2. The first kappa shape index (κ1) is 18.1. The molecule has 2 aromatic heterocycles. The Kier molecular flexibility index (Phi) is 3.92. The molecule has 4 aromatic rings. The van der Waals surface area contributed by atoms with E-state index < -0.39 is 0 Å². The molecular formula is C23H18N4O3. The molecule has 0 saturated heterocycles. The third-order valence-electron chi connectivity index (χ3n) is 5.36. The number of ether oxygens (including phenoxy) is 1. The second-order valence-electron chi connectivity index (χ2n) is 7.23. The minimum absolute atomic E-state index is 0.288. The summed E-state index contributed by atoms with van der Waals surface area (Å²) in [4.78, 5) is 32.2. The van der Waals surface area contributed by atoms with Crippen molar-refractivity contribution in [2.24, 2.45) is 7.05 Å². The van der Waals surface area contributed by atoms with Crippen LogP contribution in [0.25, 0.3) is 22.3 Å². The van der Waals surface area contributed by atoms with Crippen LogP contribution in [-0.4, -0.2) is 33.7 Å². The highest BCUT2D eigenvalue weighted by atomic mass is 16.5. The zero-order chi connectivity index (χ0) is 21.0. The Morgan fingerprint density at radius 1 is 0.933 bits per heavy atom. The predicted octanol–water partition coefficient (Wildman–Crippen LogP) is 3.75. The SMILES string of the molecule is COc1ccc(-c2nn(C)c3ncc4c(c23)C(=O)N(c2ccc(C)cc2)C4=O)cc1. The van der Waals surface area contributed by atoms with Gasteiger partial charge in [0.25, 0.3) is 11.8 Å². The van der Waals surface area contributed by atoms with Gasteiger partial charge < -0.3 is 4.74 Å². The molecule has 0 spiro atoms. The maximum absolute atomic E-state index is 13.4. The van der Waals surface area contributed by atoms with Gasteiger partial charge in [-0.25, -0.2) is 14.6 Å². The normalized spacial score (nSPS) is 13.2. The first-order valence-electron chi connectivity index (χ1n) is 9.45. The number of rotatable bonds is 3. The molecule has 0 fully saturated rings. The number of fused-ring (bicyclic) bond motifs is 3. The molecule has 5 rings (SSSR count). The van der Waals surface area contributed by atoms with Crippen molar-refractivity contribution in [3.63, 3.8) is 0 Å². The molecule has 0 saturated carbocycles. The highest BCUT2D eigenvalue weighted by Crippen LogP contribution is 2.37. The van der Waals surface area contributed by atoms with Gasteiger partial charge in [0.15, 0.2) is 5.65 Å². The monoisotopic (exact) mass is 398 g/mol. The third-order valence-corrected chi connectivity index (χ3v) is 5.36. The number of aromatic nitrogens is 3. The quantitative estimate of drug-likeness (QED) is 0.491. The average molecular weight is 398 g/mol. The largest absolute Gasteiger partial charge is 0.497 e. The maximum Gasteiger partial charge on any atom is 0.267 e. The number of anilines is 1. The highest BCUT2D eigenvalue weighted by Gasteiger charge is 2.40. The van der Waals surface area contributed by atoms with Gasteiger partial charge in [-0.05, 0) is 43.3 Å². The molecular weight excluding hydrogens is 380 g/mol. The highest BCUT2D eigenvalue weighted by molar-refractivity contribution is 6.38. The van der Waals surface area contributed by atoms with Crippen LogP contribution in [0.4, 0.5) is 5.69 Å². The van der Waals surface area contributed by atoms with E-state index in [-0.39, 0.29) is 17.4 Å². The number of carbonyl (C=O) groups is 2. The van der Waals surface area contributed by atoms with E-state index in [4.69, 9.17) is 4.74 Å². The first-order valence-corrected chi connectivity index (χ1v) is 9.45. The molecule has 7 nitrogen and oxygen atoms in total. The number of hydrogen-bond acceptors (Lipinski definition) is 5. The Morgan fingerprint density at radius 3 is 2.30 bits per heavy atom. The van der Waals surface area contributed by atoms with E-state index in [0.29, 0.717) is 28.0 Å². The van der Waals surface area contributed by atoms with Crippen molar-refractivity contribution in [1.82, 2.24) is 14.8 Å². The predicted molar refractivity (Wildman–Crippen MR) is 113 cm³/mol. The van der Waals surface area contributed by atoms with Gasteiger partial charge in [0.05, 0.1) is 29.3 Å². The van der Waals surface area contributed by atoms with E-state index in [0.717, 1.165) is 16.9 Å². The molecule has 0 aliphatic carbocycles. The minimum Gasteiger partial charge on any atom is -0.497 e. The molecule has 0 unspecified atom stereocenters. The summed E-state index contributed by atoms with van der Waals surface area (Å²) < 4.78 is 6.86. The fourth-order valence-corrected chi connectivity index (χ4v) is 3.81. The fraction of sp³-hybridized carbons (Fsp3) is 0.130. The Bertz CT molecular complexity index is 1320. The van der Waals surface area contributed by atoms with Crippen LogP contribution in [0.5, 0.6) is 5.75 Å². The zero-order valence-electron chi connectivity index (χ0n) is 16.7. The lowest BCUT2D eigenvalue weighted by Gasteiger charge is -2.13. The van der Waals surface area contributed by atoms with Gasteiger partial charge in [0.2, 0.25) is 0 Å². The third kappa shape index (κ3) is 2.52. The summed E-state index contributed by atoms with van der Waals surface area (Å²) in [6.07, 6.45) is 1.46. The number of hydrogen-bond donors (Lipinski definition) is 0. The van der Waals surface area contributed by atoms with E-state index in [1.807, 2.05) is 43.3 Å². The zero-order valence-corrected chi connectivity index (χ0v) is 16.7. The number of pyridine rings is 1. The van der Waals surface area contributed by atoms with Crippen molar-refractivity contribution >= 4 is 28.5 Å². The van der Waals surface area contributed by atoms with Crippen LogP contribution in [0.3, 0.4) is 0 Å². The molecule has 148 valence electrons. The fourth-order valence-electron chi connectivity index (χ4n) is 3.81. The van der Waals surface area contributed by atoms with E-state index in [2.05, 4.69) is 10.1 Å². The summed E-state index contributed by atoms with van der Waals surface area (Å²) >= 11 is 0. The van der Waals surface area contributed by atoms with Crippen molar-refractivity contribution in [3.8, 4) is 17.0 Å². The summed E-state index contributed by atoms with van der Waals surface area (Å²) in [5.41, 5.74) is 4.17. The summed E-state index contributed by atoms with van der Waals surface area (Å²) in [5, 5.41) is 5.17. The van der Waals surface area contributed by atoms with Gasteiger partial charge in [0.1, 0.15) is 11.4 Å². The first-order chi connectivity index (χ1) is 14.5. The molecule has 0 bridgehead atoms. The average Bonchev–Trinajstić information content (AvgIpc) is 3.23. The second-order valence-corrected chi connectivity index (χ2v) is 7.23. The summed E-state index contributed by atoms with van der Waals surface area (Å²) in [5.74, 6) is -0.0223. The van der Waals surface area contributed by atoms with Gasteiger partial charge in [-0.2, -0.15) is 5.10 Å². The van der Waals surface area contributed by atoms with Gasteiger partial charge >= 0.3 is 0 Å². The van der Waals surface area contributed by atoms with Crippen LogP contribution in [0, 0.1) is 6.92 Å². The van der Waals surface area contributed by atoms with Gasteiger partial charge in [-0.3, -0.25) is 9.59 Å². The lowest BCUT2D eigenvalue weighted by molar-refractivity contribution is 0.0926.